The monoisotopic (exact) mass is 828 g/mol. The maximum atomic E-state index is 6.90. The highest BCUT2D eigenvalue weighted by atomic mass is 16.3. The molecule has 0 radical (unpaired) electrons. The first-order chi connectivity index (χ1) is 32.2. The van der Waals surface area contributed by atoms with Crippen molar-refractivity contribution in [1.82, 2.24) is 4.57 Å². The number of furan rings is 1. The van der Waals surface area contributed by atoms with Crippen LogP contribution in [0.5, 0.6) is 0 Å². The Hall–Kier alpha value is -8.66. The Balaban J connectivity index is 1.04. The van der Waals surface area contributed by atoms with Crippen LogP contribution in [0.1, 0.15) is 0 Å². The van der Waals surface area contributed by atoms with Gasteiger partial charge in [0, 0.05) is 49.7 Å². The van der Waals surface area contributed by atoms with Gasteiger partial charge in [0.15, 0.2) is 0 Å². The summed E-state index contributed by atoms with van der Waals surface area (Å²) in [5.74, 6) is 0. The number of nitrogens with zero attached hydrogens (tertiary/aromatic N) is 2. The van der Waals surface area contributed by atoms with Crippen LogP contribution in [0.4, 0.5) is 17.1 Å². The molecule has 2 heterocycles. The molecule has 0 saturated carbocycles. The van der Waals surface area contributed by atoms with E-state index in [2.05, 4.69) is 252 Å². The third kappa shape index (κ3) is 6.05. The highest BCUT2D eigenvalue weighted by molar-refractivity contribution is 6.15. The van der Waals surface area contributed by atoms with Gasteiger partial charge in [-0.2, -0.15) is 0 Å². The van der Waals surface area contributed by atoms with Crippen molar-refractivity contribution in [3.05, 3.63) is 243 Å². The molecule has 304 valence electrons. The number of hydrogen-bond donors (Lipinski definition) is 0. The van der Waals surface area contributed by atoms with E-state index in [1.807, 2.05) is 0 Å². The number of hydrogen-bond acceptors (Lipinski definition) is 2. The number of para-hydroxylation sites is 4. The van der Waals surface area contributed by atoms with Crippen LogP contribution in [0, 0.1) is 0 Å². The minimum absolute atomic E-state index is 0.862. The number of aromatic nitrogens is 1. The molecule has 0 aliphatic heterocycles. The number of benzene rings is 11. The van der Waals surface area contributed by atoms with Crippen LogP contribution in [0.25, 0.3) is 104 Å². The molecule has 0 atom stereocenters. The van der Waals surface area contributed by atoms with Gasteiger partial charge in [-0.3, -0.25) is 0 Å². The quantitative estimate of drug-likeness (QED) is 0.149. The molecule has 2 aromatic heterocycles. The van der Waals surface area contributed by atoms with Gasteiger partial charge in [0.1, 0.15) is 11.2 Å². The van der Waals surface area contributed by atoms with Crippen molar-refractivity contribution in [2.24, 2.45) is 0 Å². The zero-order valence-electron chi connectivity index (χ0n) is 35.4. The van der Waals surface area contributed by atoms with Gasteiger partial charge >= 0.3 is 0 Å². The molecule has 3 nitrogen and oxygen atoms in total. The van der Waals surface area contributed by atoms with E-state index < -0.39 is 0 Å². The van der Waals surface area contributed by atoms with Crippen molar-refractivity contribution in [3.8, 4) is 39.1 Å². The Morgan fingerprint density at radius 3 is 1.57 bits per heavy atom. The van der Waals surface area contributed by atoms with Crippen LogP contribution in [0.2, 0.25) is 0 Å². The van der Waals surface area contributed by atoms with E-state index in [9.17, 15) is 0 Å². The van der Waals surface area contributed by atoms with E-state index in [1.54, 1.807) is 0 Å². The standard InChI is InChI=1S/C62H40N2O/c1-2-16-41(17-3-1)42-30-34-45(35-31-42)63(46-36-32-43(33-37-46)55-38-44-18-4-5-19-48(44)49-20-6-7-21-50(49)55)47-39-56(62-57(40-47)54-25-11-15-29-61(54)65-62)53-24-10-14-28-60(53)64-58-26-12-8-22-51(58)52-23-9-13-27-59(52)64/h1-40H. The summed E-state index contributed by atoms with van der Waals surface area (Å²) >= 11 is 0. The molecule has 0 saturated heterocycles. The fraction of sp³-hybridized carbons (Fsp3) is 0. The Kier molecular flexibility index (Phi) is 8.53. The van der Waals surface area contributed by atoms with E-state index >= 15 is 0 Å². The van der Waals surface area contributed by atoms with Gasteiger partial charge in [-0.1, -0.05) is 176 Å². The van der Waals surface area contributed by atoms with Gasteiger partial charge in [-0.15, -0.1) is 0 Å². The van der Waals surface area contributed by atoms with Crippen molar-refractivity contribution in [3.63, 3.8) is 0 Å². The van der Waals surface area contributed by atoms with Crippen molar-refractivity contribution in [2.75, 3.05) is 4.90 Å². The number of rotatable bonds is 7. The van der Waals surface area contributed by atoms with Gasteiger partial charge in [-0.05, 0) is 111 Å². The molecule has 3 heteroatoms. The third-order valence-corrected chi connectivity index (χ3v) is 13.2. The molecule has 0 aliphatic rings. The van der Waals surface area contributed by atoms with Crippen LogP contribution in [0.3, 0.4) is 0 Å². The summed E-state index contributed by atoms with van der Waals surface area (Å²) in [6.07, 6.45) is 0. The summed E-state index contributed by atoms with van der Waals surface area (Å²) in [4.78, 5) is 2.39. The molecule has 0 aliphatic carbocycles. The molecule has 13 aromatic rings. The van der Waals surface area contributed by atoms with Gasteiger partial charge < -0.3 is 13.9 Å². The van der Waals surface area contributed by atoms with Gasteiger partial charge in [0.05, 0.1) is 16.7 Å². The first-order valence-corrected chi connectivity index (χ1v) is 22.2. The molecule has 0 N–H and O–H groups in total. The first kappa shape index (κ1) is 36.9. The second-order valence-corrected chi connectivity index (χ2v) is 16.8. The van der Waals surface area contributed by atoms with E-state index in [0.29, 0.717) is 0 Å². The average molecular weight is 829 g/mol. The normalized spacial score (nSPS) is 11.7. The molecule has 13 rings (SSSR count). The Morgan fingerprint density at radius 1 is 0.308 bits per heavy atom. The van der Waals surface area contributed by atoms with E-state index in [1.165, 1.54) is 54.6 Å². The minimum atomic E-state index is 0.862. The highest BCUT2D eigenvalue weighted by Crippen LogP contribution is 2.46. The first-order valence-electron chi connectivity index (χ1n) is 22.2. The molecule has 0 unspecified atom stereocenters. The fourth-order valence-corrected chi connectivity index (χ4v) is 10.2. The van der Waals surface area contributed by atoms with Crippen LogP contribution in [-0.2, 0) is 0 Å². The molecule has 65 heavy (non-hydrogen) atoms. The van der Waals surface area contributed by atoms with Crippen molar-refractivity contribution < 1.29 is 4.42 Å². The largest absolute Gasteiger partial charge is 0.455 e. The molecule has 0 amide bonds. The molecule has 0 fully saturated rings. The second kappa shape index (κ2) is 15.0. The zero-order chi connectivity index (χ0) is 42.8. The van der Waals surface area contributed by atoms with Crippen LogP contribution >= 0.6 is 0 Å². The number of anilines is 3. The minimum Gasteiger partial charge on any atom is -0.455 e. The van der Waals surface area contributed by atoms with Crippen LogP contribution in [-0.4, -0.2) is 4.57 Å². The lowest BCUT2D eigenvalue weighted by molar-refractivity contribution is 0.670. The SMILES string of the molecule is c1ccc(-c2ccc(N(c3ccc(-c4cc5ccccc5c5ccccc45)cc3)c3cc(-c4ccccc4-n4c5ccccc5c5ccccc54)c4oc5ccccc5c4c3)cc2)cc1. The van der Waals surface area contributed by atoms with Crippen molar-refractivity contribution >= 4 is 82.4 Å². The van der Waals surface area contributed by atoms with Crippen LogP contribution in [0.15, 0.2) is 247 Å². The topological polar surface area (TPSA) is 21.3 Å². The smallest absolute Gasteiger partial charge is 0.143 e. The second-order valence-electron chi connectivity index (χ2n) is 16.8. The molecular weight excluding hydrogens is 789 g/mol. The maximum Gasteiger partial charge on any atom is 0.143 e. The summed E-state index contributed by atoms with van der Waals surface area (Å²) in [5, 5.41) is 9.62. The maximum absolute atomic E-state index is 6.90. The fourth-order valence-electron chi connectivity index (χ4n) is 10.2. The van der Waals surface area contributed by atoms with Gasteiger partial charge in [-0.25, -0.2) is 0 Å². The Morgan fingerprint density at radius 2 is 0.846 bits per heavy atom. The highest BCUT2D eigenvalue weighted by Gasteiger charge is 2.23. The lowest BCUT2D eigenvalue weighted by atomic mass is 9.93. The van der Waals surface area contributed by atoms with E-state index in [-0.39, 0.29) is 0 Å². The van der Waals surface area contributed by atoms with Gasteiger partial charge in [0.2, 0.25) is 0 Å². The number of fused-ring (bicyclic) bond motifs is 9. The molecular formula is C62H40N2O. The molecule has 0 bridgehead atoms. The third-order valence-electron chi connectivity index (χ3n) is 13.2. The Bertz CT molecular complexity index is 3880. The lowest BCUT2D eigenvalue weighted by Gasteiger charge is -2.27. The molecule has 11 aromatic carbocycles. The predicted octanol–water partition coefficient (Wildman–Crippen LogP) is 17.5. The summed E-state index contributed by atoms with van der Waals surface area (Å²) in [7, 11) is 0. The molecule has 0 spiro atoms. The Labute approximate surface area is 376 Å². The predicted molar refractivity (Wildman–Crippen MR) is 274 cm³/mol. The van der Waals surface area contributed by atoms with Crippen molar-refractivity contribution in [1.29, 1.82) is 0 Å². The summed E-state index contributed by atoms with van der Waals surface area (Å²) in [6, 6.07) is 87.7. The average Bonchev–Trinajstić information content (AvgIpc) is 3.93. The zero-order valence-corrected chi connectivity index (χ0v) is 35.4. The summed E-state index contributed by atoms with van der Waals surface area (Å²) in [6.45, 7) is 0. The van der Waals surface area contributed by atoms with E-state index in [0.717, 1.165) is 66.8 Å². The van der Waals surface area contributed by atoms with Crippen molar-refractivity contribution in [2.45, 2.75) is 0 Å². The lowest BCUT2D eigenvalue weighted by Crippen LogP contribution is -2.10. The summed E-state index contributed by atoms with van der Waals surface area (Å²) in [5.41, 5.74) is 15.2. The van der Waals surface area contributed by atoms with Gasteiger partial charge in [0.25, 0.3) is 0 Å². The van der Waals surface area contributed by atoms with E-state index in [4.69, 9.17) is 4.42 Å². The van der Waals surface area contributed by atoms with Crippen LogP contribution < -0.4 is 4.90 Å². The summed E-state index contributed by atoms with van der Waals surface area (Å²) < 4.78 is 9.31.